The Kier molecular flexibility index (Phi) is 6.88. The van der Waals surface area contributed by atoms with E-state index in [2.05, 4.69) is 6.07 Å². The molecule has 4 rings (SSSR count). The highest BCUT2D eigenvalue weighted by molar-refractivity contribution is 6.30. The Balaban J connectivity index is 1.46. The van der Waals surface area contributed by atoms with Gasteiger partial charge in [-0.15, -0.1) is 0 Å². The number of fused-ring (bicyclic) bond motifs is 1. The van der Waals surface area contributed by atoms with Crippen LogP contribution in [0.3, 0.4) is 0 Å². The fourth-order valence-corrected chi connectivity index (χ4v) is 3.65. The van der Waals surface area contributed by atoms with Crippen molar-refractivity contribution in [2.24, 2.45) is 0 Å². The van der Waals surface area contributed by atoms with E-state index in [4.69, 9.17) is 26.1 Å². The number of para-hydroxylation sites is 1. The molecule has 5 nitrogen and oxygen atoms in total. The van der Waals surface area contributed by atoms with Gasteiger partial charge in [-0.25, -0.2) is 4.98 Å². The molecule has 0 unspecified atom stereocenters. The topological polar surface area (TPSA) is 53.4 Å². The van der Waals surface area contributed by atoms with Crippen molar-refractivity contribution in [2.45, 2.75) is 20.4 Å². The van der Waals surface area contributed by atoms with Crippen LogP contribution in [0.4, 0.5) is 0 Å². The van der Waals surface area contributed by atoms with E-state index in [1.54, 1.807) is 22.8 Å². The van der Waals surface area contributed by atoms with Crippen LogP contribution in [0.2, 0.25) is 5.02 Å². The van der Waals surface area contributed by atoms with Crippen molar-refractivity contribution >= 4 is 22.5 Å². The first-order chi connectivity index (χ1) is 15.5. The number of nitrogens with zero attached hydrogens (tertiary/aromatic N) is 2. The standard InChI is InChI=1S/C26H25ClN2O3/c1-18-7-8-19(2)24(17-18)32-16-15-31-14-13-29-25(20-9-11-21(27)12-10-20)28-23-6-4-3-5-22(23)26(29)30/h3-12,17H,13-16H2,1-2H3. The lowest BCUT2D eigenvalue weighted by atomic mass is 10.1. The van der Waals surface area contributed by atoms with Gasteiger partial charge < -0.3 is 9.47 Å². The molecule has 0 saturated heterocycles. The van der Waals surface area contributed by atoms with Crippen LogP contribution in [0.15, 0.2) is 71.5 Å². The van der Waals surface area contributed by atoms with Crippen LogP contribution in [0.5, 0.6) is 5.75 Å². The summed E-state index contributed by atoms with van der Waals surface area (Å²) in [5, 5.41) is 1.22. The fourth-order valence-electron chi connectivity index (χ4n) is 3.53. The van der Waals surface area contributed by atoms with Crippen LogP contribution < -0.4 is 10.3 Å². The molecular formula is C26H25ClN2O3. The van der Waals surface area contributed by atoms with Crippen molar-refractivity contribution in [1.82, 2.24) is 9.55 Å². The Hall–Kier alpha value is -3.15. The molecule has 3 aromatic carbocycles. The maximum Gasteiger partial charge on any atom is 0.261 e. The van der Waals surface area contributed by atoms with E-state index >= 15 is 0 Å². The average Bonchev–Trinajstić information content (AvgIpc) is 2.80. The van der Waals surface area contributed by atoms with Crippen LogP contribution in [0.1, 0.15) is 11.1 Å². The number of ether oxygens (including phenoxy) is 2. The minimum atomic E-state index is -0.0872. The molecule has 1 aromatic heterocycles. The lowest BCUT2D eigenvalue weighted by molar-refractivity contribution is 0.0938. The highest BCUT2D eigenvalue weighted by atomic mass is 35.5. The Morgan fingerprint density at radius 2 is 1.72 bits per heavy atom. The van der Waals surface area contributed by atoms with Crippen molar-refractivity contribution in [1.29, 1.82) is 0 Å². The molecule has 0 N–H and O–H groups in total. The van der Waals surface area contributed by atoms with Gasteiger partial charge >= 0.3 is 0 Å². The number of benzene rings is 3. The quantitative estimate of drug-likeness (QED) is 0.337. The van der Waals surface area contributed by atoms with Crippen molar-refractivity contribution in [2.75, 3.05) is 19.8 Å². The minimum Gasteiger partial charge on any atom is -0.491 e. The monoisotopic (exact) mass is 448 g/mol. The molecule has 0 radical (unpaired) electrons. The van der Waals surface area contributed by atoms with Gasteiger partial charge in [-0.2, -0.15) is 0 Å². The highest BCUT2D eigenvalue weighted by Gasteiger charge is 2.12. The Labute approximate surface area is 192 Å². The Morgan fingerprint density at radius 1 is 0.938 bits per heavy atom. The molecule has 4 aromatic rings. The second-order valence-corrected chi connectivity index (χ2v) is 8.08. The predicted octanol–water partition coefficient (Wildman–Crippen LogP) is 5.43. The van der Waals surface area contributed by atoms with Gasteiger partial charge in [0, 0.05) is 10.6 Å². The van der Waals surface area contributed by atoms with Gasteiger partial charge in [0.25, 0.3) is 5.56 Å². The normalized spacial score (nSPS) is 11.1. The summed E-state index contributed by atoms with van der Waals surface area (Å²) in [5.41, 5.74) is 3.66. The van der Waals surface area contributed by atoms with E-state index in [9.17, 15) is 4.79 Å². The van der Waals surface area contributed by atoms with E-state index in [-0.39, 0.29) is 5.56 Å². The third-order valence-electron chi connectivity index (χ3n) is 5.25. The number of hydrogen-bond acceptors (Lipinski definition) is 4. The molecule has 0 amide bonds. The Bertz CT molecular complexity index is 1280. The molecule has 164 valence electrons. The maximum absolute atomic E-state index is 13.2. The summed E-state index contributed by atoms with van der Waals surface area (Å²) >= 11 is 6.04. The van der Waals surface area contributed by atoms with Crippen LogP contribution in [0.25, 0.3) is 22.3 Å². The molecule has 0 aliphatic rings. The van der Waals surface area contributed by atoms with Gasteiger partial charge in [-0.1, -0.05) is 35.9 Å². The van der Waals surface area contributed by atoms with Gasteiger partial charge in [-0.05, 0) is 67.4 Å². The van der Waals surface area contributed by atoms with Gasteiger partial charge in [0.15, 0.2) is 0 Å². The lowest BCUT2D eigenvalue weighted by Crippen LogP contribution is -2.26. The number of halogens is 1. The van der Waals surface area contributed by atoms with Crippen LogP contribution in [-0.4, -0.2) is 29.4 Å². The molecule has 0 aliphatic heterocycles. The second kappa shape index (κ2) is 9.98. The lowest BCUT2D eigenvalue weighted by Gasteiger charge is -2.14. The first-order valence-electron chi connectivity index (χ1n) is 10.6. The van der Waals surface area contributed by atoms with Gasteiger partial charge in [0.1, 0.15) is 18.2 Å². The largest absolute Gasteiger partial charge is 0.491 e. The summed E-state index contributed by atoms with van der Waals surface area (Å²) in [5.74, 6) is 1.47. The molecular weight excluding hydrogens is 424 g/mol. The van der Waals surface area contributed by atoms with Crippen LogP contribution in [0, 0.1) is 13.8 Å². The summed E-state index contributed by atoms with van der Waals surface area (Å²) in [7, 11) is 0. The summed E-state index contributed by atoms with van der Waals surface area (Å²) in [6, 6.07) is 20.8. The zero-order valence-corrected chi connectivity index (χ0v) is 18.9. The molecule has 32 heavy (non-hydrogen) atoms. The number of aryl methyl sites for hydroxylation is 2. The molecule has 1 heterocycles. The molecule has 0 atom stereocenters. The van der Waals surface area contributed by atoms with Gasteiger partial charge in [-0.3, -0.25) is 9.36 Å². The SMILES string of the molecule is Cc1ccc(C)c(OCCOCCn2c(-c3ccc(Cl)cc3)nc3ccccc3c2=O)c1. The van der Waals surface area contributed by atoms with E-state index in [1.807, 2.05) is 56.3 Å². The molecule has 0 spiro atoms. The zero-order chi connectivity index (χ0) is 22.5. The van der Waals surface area contributed by atoms with Gasteiger partial charge in [0.05, 0.1) is 30.7 Å². The third kappa shape index (κ3) is 5.01. The highest BCUT2D eigenvalue weighted by Crippen LogP contribution is 2.21. The summed E-state index contributed by atoms with van der Waals surface area (Å²) < 4.78 is 13.3. The van der Waals surface area contributed by atoms with E-state index in [0.29, 0.717) is 48.1 Å². The third-order valence-corrected chi connectivity index (χ3v) is 5.50. The first-order valence-corrected chi connectivity index (χ1v) is 10.9. The van der Waals surface area contributed by atoms with Crippen molar-refractivity contribution in [3.05, 3.63) is 93.2 Å². The number of aromatic nitrogens is 2. The van der Waals surface area contributed by atoms with Crippen LogP contribution in [-0.2, 0) is 11.3 Å². The summed E-state index contributed by atoms with van der Waals surface area (Å²) in [6.07, 6.45) is 0. The number of rotatable bonds is 8. The molecule has 0 bridgehead atoms. The van der Waals surface area contributed by atoms with Crippen molar-refractivity contribution in [3.63, 3.8) is 0 Å². The first kappa shape index (κ1) is 22.1. The average molecular weight is 449 g/mol. The molecule has 0 saturated carbocycles. The fraction of sp³-hybridized carbons (Fsp3) is 0.231. The van der Waals surface area contributed by atoms with Crippen molar-refractivity contribution in [3.8, 4) is 17.1 Å². The zero-order valence-electron chi connectivity index (χ0n) is 18.2. The van der Waals surface area contributed by atoms with E-state index in [1.165, 1.54) is 0 Å². The second-order valence-electron chi connectivity index (χ2n) is 7.65. The predicted molar refractivity (Wildman–Crippen MR) is 129 cm³/mol. The smallest absolute Gasteiger partial charge is 0.261 e. The Morgan fingerprint density at radius 3 is 2.53 bits per heavy atom. The summed E-state index contributed by atoms with van der Waals surface area (Å²) in [4.78, 5) is 17.9. The van der Waals surface area contributed by atoms with Gasteiger partial charge in [0.2, 0.25) is 0 Å². The summed E-state index contributed by atoms with van der Waals surface area (Å²) in [6.45, 7) is 5.69. The van der Waals surface area contributed by atoms with E-state index in [0.717, 1.165) is 22.4 Å². The minimum absolute atomic E-state index is 0.0872. The molecule has 0 aliphatic carbocycles. The maximum atomic E-state index is 13.2. The molecule has 6 heteroatoms. The van der Waals surface area contributed by atoms with Crippen LogP contribution >= 0.6 is 11.6 Å². The number of hydrogen-bond donors (Lipinski definition) is 0. The molecule has 0 fully saturated rings. The van der Waals surface area contributed by atoms with E-state index < -0.39 is 0 Å². The van der Waals surface area contributed by atoms with Crippen molar-refractivity contribution < 1.29 is 9.47 Å².